The minimum atomic E-state index is -3.07. The van der Waals surface area contributed by atoms with Crippen LogP contribution in [0, 0.1) is 0 Å². The van der Waals surface area contributed by atoms with Gasteiger partial charge in [0.05, 0.1) is 6.42 Å². The van der Waals surface area contributed by atoms with E-state index in [9.17, 15) is 23.2 Å². The fourth-order valence-electron chi connectivity index (χ4n) is 4.31. The van der Waals surface area contributed by atoms with Crippen molar-refractivity contribution in [3.63, 3.8) is 0 Å². The third-order valence-corrected chi connectivity index (χ3v) is 5.99. The topological polar surface area (TPSA) is 105 Å². The Morgan fingerprint density at radius 1 is 1.06 bits per heavy atom. The highest BCUT2D eigenvalue weighted by Gasteiger charge is 2.38. The molecule has 2 amide bonds. The van der Waals surface area contributed by atoms with Gasteiger partial charge in [0.1, 0.15) is 18.2 Å². The van der Waals surface area contributed by atoms with E-state index < -0.39 is 42.4 Å². The maximum atomic E-state index is 13.2. The number of carbonyl (C=O) groups is 3. The molecular formula is C25H28F2N2O5. The van der Waals surface area contributed by atoms with Crippen molar-refractivity contribution in [2.75, 3.05) is 6.61 Å². The van der Waals surface area contributed by atoms with Crippen LogP contribution in [0.25, 0.3) is 11.1 Å². The standard InChI is InChI=1S/C25H28F2N2O5/c1-3-12-25(2,23(32)28-20(22(26)27)13-21(30)31)29-24(33)34-14-19-17-10-6-4-8-15(17)16-9-5-7-11-18(16)19/h4-11,19-20,22H,3,12-14H2,1-2H3,(H,28,32)(H,29,33)(H,30,31). The van der Waals surface area contributed by atoms with Gasteiger partial charge in [0.25, 0.3) is 6.43 Å². The molecule has 3 N–H and O–H groups in total. The maximum absolute atomic E-state index is 13.2. The lowest BCUT2D eigenvalue weighted by Crippen LogP contribution is -2.59. The SMILES string of the molecule is CCCC(C)(NC(=O)OCC1c2ccccc2-c2ccccc21)C(=O)NC(CC(=O)O)C(F)F. The van der Waals surface area contributed by atoms with Gasteiger partial charge in [0.2, 0.25) is 5.91 Å². The number of halogens is 2. The summed E-state index contributed by atoms with van der Waals surface area (Å²) in [5, 5.41) is 13.4. The van der Waals surface area contributed by atoms with Gasteiger partial charge in [0.15, 0.2) is 0 Å². The molecule has 2 aromatic rings. The largest absolute Gasteiger partial charge is 0.481 e. The zero-order valence-corrected chi connectivity index (χ0v) is 19.0. The summed E-state index contributed by atoms with van der Waals surface area (Å²) >= 11 is 0. The van der Waals surface area contributed by atoms with Crippen molar-refractivity contribution in [1.29, 1.82) is 0 Å². The number of hydrogen-bond donors (Lipinski definition) is 3. The van der Waals surface area contributed by atoms with Gasteiger partial charge in [-0.25, -0.2) is 13.6 Å². The summed E-state index contributed by atoms with van der Waals surface area (Å²) in [5.74, 6) is -2.54. The van der Waals surface area contributed by atoms with Crippen LogP contribution in [-0.4, -0.2) is 47.7 Å². The number of carbonyl (C=O) groups excluding carboxylic acids is 2. The van der Waals surface area contributed by atoms with Gasteiger partial charge in [-0.3, -0.25) is 9.59 Å². The predicted octanol–water partition coefficient (Wildman–Crippen LogP) is 4.31. The third kappa shape index (κ3) is 5.52. The number of benzene rings is 2. The van der Waals surface area contributed by atoms with E-state index >= 15 is 0 Å². The molecule has 0 radical (unpaired) electrons. The lowest BCUT2D eigenvalue weighted by molar-refractivity contribution is -0.139. The van der Waals surface area contributed by atoms with Crippen LogP contribution in [-0.2, 0) is 14.3 Å². The van der Waals surface area contributed by atoms with Crippen molar-refractivity contribution in [3.8, 4) is 11.1 Å². The summed E-state index contributed by atoms with van der Waals surface area (Å²) in [7, 11) is 0. The molecular weight excluding hydrogens is 446 g/mol. The molecule has 0 aromatic heterocycles. The fraction of sp³-hybridized carbons (Fsp3) is 0.400. The summed E-state index contributed by atoms with van der Waals surface area (Å²) in [6.07, 6.45) is -4.26. The van der Waals surface area contributed by atoms with Crippen molar-refractivity contribution in [3.05, 3.63) is 59.7 Å². The van der Waals surface area contributed by atoms with Crippen molar-refractivity contribution in [2.24, 2.45) is 0 Å². The minimum absolute atomic E-state index is 0.0301. The number of alkyl carbamates (subject to hydrolysis) is 1. The minimum Gasteiger partial charge on any atom is -0.481 e. The Hall–Kier alpha value is -3.49. The van der Waals surface area contributed by atoms with Crippen LogP contribution in [0.3, 0.4) is 0 Å². The number of ether oxygens (including phenoxy) is 1. The molecule has 0 aliphatic heterocycles. The molecule has 1 aliphatic rings. The Labute approximate surface area is 196 Å². The second-order valence-electron chi connectivity index (χ2n) is 8.54. The lowest BCUT2D eigenvalue weighted by Gasteiger charge is -2.31. The fourth-order valence-corrected chi connectivity index (χ4v) is 4.31. The number of hydrogen-bond acceptors (Lipinski definition) is 4. The molecule has 182 valence electrons. The smallest absolute Gasteiger partial charge is 0.408 e. The van der Waals surface area contributed by atoms with Crippen LogP contribution in [0.2, 0.25) is 0 Å². The van der Waals surface area contributed by atoms with Gasteiger partial charge < -0.3 is 20.5 Å². The van der Waals surface area contributed by atoms with Gasteiger partial charge >= 0.3 is 12.1 Å². The summed E-state index contributed by atoms with van der Waals surface area (Å²) in [5.41, 5.74) is 2.64. The molecule has 2 atom stereocenters. The summed E-state index contributed by atoms with van der Waals surface area (Å²) in [6, 6.07) is 13.8. The van der Waals surface area contributed by atoms with Crippen LogP contribution in [0.5, 0.6) is 0 Å². The number of fused-ring (bicyclic) bond motifs is 3. The highest BCUT2D eigenvalue weighted by atomic mass is 19.3. The Kier molecular flexibility index (Phi) is 7.86. The number of carboxylic acids is 1. The van der Waals surface area contributed by atoms with Gasteiger partial charge in [-0.1, -0.05) is 61.9 Å². The molecule has 0 spiro atoms. The van der Waals surface area contributed by atoms with Crippen LogP contribution < -0.4 is 10.6 Å². The van der Waals surface area contributed by atoms with Crippen LogP contribution in [0.4, 0.5) is 13.6 Å². The van der Waals surface area contributed by atoms with E-state index in [0.29, 0.717) is 6.42 Å². The molecule has 7 nitrogen and oxygen atoms in total. The van der Waals surface area contributed by atoms with Crippen LogP contribution >= 0.6 is 0 Å². The molecule has 0 bridgehead atoms. The average Bonchev–Trinajstić information content (AvgIpc) is 3.10. The first-order valence-corrected chi connectivity index (χ1v) is 11.1. The third-order valence-electron chi connectivity index (χ3n) is 5.99. The van der Waals surface area contributed by atoms with E-state index in [1.807, 2.05) is 48.5 Å². The van der Waals surface area contributed by atoms with Crippen molar-refractivity contribution >= 4 is 18.0 Å². The molecule has 0 heterocycles. The summed E-state index contributed by atoms with van der Waals surface area (Å²) in [4.78, 5) is 36.3. The maximum Gasteiger partial charge on any atom is 0.408 e. The van der Waals surface area contributed by atoms with E-state index in [-0.39, 0.29) is 18.9 Å². The number of rotatable bonds is 10. The molecule has 2 unspecified atom stereocenters. The second-order valence-corrected chi connectivity index (χ2v) is 8.54. The molecule has 0 saturated carbocycles. The second kappa shape index (κ2) is 10.6. The van der Waals surface area contributed by atoms with Gasteiger partial charge in [-0.2, -0.15) is 0 Å². The monoisotopic (exact) mass is 474 g/mol. The van der Waals surface area contributed by atoms with E-state index in [4.69, 9.17) is 9.84 Å². The Bertz CT molecular complexity index is 1020. The number of alkyl halides is 2. The van der Waals surface area contributed by atoms with E-state index in [2.05, 4.69) is 10.6 Å². The first kappa shape index (κ1) is 25.1. The summed E-state index contributed by atoms with van der Waals surface area (Å²) < 4.78 is 31.9. The van der Waals surface area contributed by atoms with Crippen LogP contribution in [0.1, 0.15) is 50.2 Å². The molecule has 0 saturated heterocycles. The number of amides is 2. The Balaban J connectivity index is 1.69. The molecule has 0 fully saturated rings. The first-order chi connectivity index (χ1) is 16.2. The molecule has 1 aliphatic carbocycles. The van der Waals surface area contributed by atoms with Gasteiger partial charge in [-0.05, 0) is 35.6 Å². The normalized spacial score (nSPS) is 15.1. The van der Waals surface area contributed by atoms with E-state index in [1.165, 1.54) is 6.92 Å². The highest BCUT2D eigenvalue weighted by Crippen LogP contribution is 2.44. The predicted molar refractivity (Wildman–Crippen MR) is 122 cm³/mol. The lowest BCUT2D eigenvalue weighted by atomic mass is 9.94. The molecule has 34 heavy (non-hydrogen) atoms. The Morgan fingerprint density at radius 2 is 1.62 bits per heavy atom. The van der Waals surface area contributed by atoms with Crippen molar-refractivity contribution in [2.45, 2.75) is 57.0 Å². The number of carboxylic acid groups (broad SMARTS) is 1. The Morgan fingerprint density at radius 3 is 2.12 bits per heavy atom. The molecule has 3 rings (SSSR count). The number of aliphatic carboxylic acids is 1. The van der Waals surface area contributed by atoms with E-state index in [1.54, 1.807) is 6.92 Å². The highest BCUT2D eigenvalue weighted by molar-refractivity contribution is 5.90. The quantitative estimate of drug-likeness (QED) is 0.476. The summed E-state index contributed by atoms with van der Waals surface area (Å²) in [6.45, 7) is 3.20. The molecule has 2 aromatic carbocycles. The average molecular weight is 475 g/mol. The van der Waals surface area contributed by atoms with Crippen LogP contribution in [0.15, 0.2) is 48.5 Å². The van der Waals surface area contributed by atoms with Crippen molar-refractivity contribution < 1.29 is 33.0 Å². The zero-order valence-electron chi connectivity index (χ0n) is 19.0. The number of nitrogens with one attached hydrogen (secondary N) is 2. The zero-order chi connectivity index (χ0) is 24.9. The first-order valence-electron chi connectivity index (χ1n) is 11.1. The molecule has 9 heteroatoms. The van der Waals surface area contributed by atoms with Crippen molar-refractivity contribution in [1.82, 2.24) is 10.6 Å². The van der Waals surface area contributed by atoms with Gasteiger partial charge in [0, 0.05) is 5.92 Å². The van der Waals surface area contributed by atoms with Gasteiger partial charge in [-0.15, -0.1) is 0 Å². The van der Waals surface area contributed by atoms with E-state index in [0.717, 1.165) is 22.3 Å².